The number of esters is 1. The highest BCUT2D eigenvalue weighted by atomic mass is 16.7. The topological polar surface area (TPSA) is 314 Å². The minimum absolute atomic E-state index is 0.0169. The van der Waals surface area contributed by atoms with Crippen LogP contribution in [0.1, 0.15) is 33.6 Å². The number of methoxy groups -OCH3 is 1. The molecule has 0 unspecified atom stereocenters. The van der Waals surface area contributed by atoms with E-state index in [1.807, 2.05) is 6.92 Å². The average Bonchev–Trinajstić information content (AvgIpc) is 3.33. The zero-order chi connectivity index (χ0) is 45.8. The number of carbonyl (C=O) groups excluding carboxylic acids is 1. The molecule has 4 aliphatic rings. The first kappa shape index (κ1) is 46.3. The van der Waals surface area contributed by atoms with Crippen molar-refractivity contribution in [1.82, 2.24) is 0 Å². The van der Waals surface area contributed by atoms with Gasteiger partial charge >= 0.3 is 5.97 Å². The van der Waals surface area contributed by atoms with E-state index < -0.39 is 120 Å². The van der Waals surface area contributed by atoms with Crippen molar-refractivity contribution < 1.29 is 93.4 Å². The van der Waals surface area contributed by atoms with E-state index >= 15 is 0 Å². The SMILES string of the molecule is COc1cc(O)c2c(=O)c(O[C@@H]3O[C@@H](CO)[C@@H](O)[C@H](O)[C@H]3O)c(-c3ccc(O[C@@H]4O[C@@H](CO)[C@@H](O)[C@@H](O)[C@H]4OC(=O)/C=C(C)\C=C\[C@]4(O)[C@@]5(C)CO[C@]4(C)C[C@@H](O)C5)cc3)oc2c1. The van der Waals surface area contributed by atoms with E-state index in [9.17, 15) is 60.7 Å². The molecular formula is C43H52O20. The van der Waals surface area contributed by atoms with Crippen LogP contribution in [0.4, 0.5) is 0 Å². The second-order valence-corrected chi connectivity index (χ2v) is 16.8. The van der Waals surface area contributed by atoms with Crippen LogP contribution in [0.3, 0.4) is 0 Å². The number of hydrogen-bond donors (Lipinski definition) is 10. The Morgan fingerprint density at radius 2 is 1.51 bits per heavy atom. The van der Waals surface area contributed by atoms with Crippen LogP contribution in [-0.2, 0) is 23.7 Å². The monoisotopic (exact) mass is 888 g/mol. The number of aromatic hydroxyl groups is 1. The highest BCUT2D eigenvalue weighted by Crippen LogP contribution is 2.57. The number of allylic oxidation sites excluding steroid dienone is 2. The van der Waals surface area contributed by atoms with Gasteiger partial charge in [-0.1, -0.05) is 13.0 Å². The van der Waals surface area contributed by atoms with Crippen LogP contribution in [0.15, 0.2) is 69.4 Å². The quantitative estimate of drug-likeness (QED) is 0.0609. The van der Waals surface area contributed by atoms with Gasteiger partial charge in [-0.2, -0.15) is 0 Å². The van der Waals surface area contributed by atoms with E-state index in [1.54, 1.807) is 13.8 Å². The van der Waals surface area contributed by atoms with Crippen molar-refractivity contribution in [1.29, 1.82) is 0 Å². The Balaban J connectivity index is 1.15. The molecule has 63 heavy (non-hydrogen) atoms. The van der Waals surface area contributed by atoms with E-state index in [2.05, 4.69) is 0 Å². The molecule has 3 saturated heterocycles. The fourth-order valence-corrected chi connectivity index (χ4v) is 8.73. The van der Waals surface area contributed by atoms with Crippen molar-refractivity contribution in [3.63, 3.8) is 0 Å². The van der Waals surface area contributed by atoms with Crippen molar-refractivity contribution in [3.05, 3.63) is 70.4 Å². The zero-order valence-corrected chi connectivity index (χ0v) is 34.6. The van der Waals surface area contributed by atoms with Crippen LogP contribution >= 0.6 is 0 Å². The average molecular weight is 889 g/mol. The maximum atomic E-state index is 14.0. The molecule has 4 fully saturated rings. The summed E-state index contributed by atoms with van der Waals surface area (Å²) in [6.07, 6.45) is -12.9. The van der Waals surface area contributed by atoms with Gasteiger partial charge in [-0.25, -0.2) is 4.79 Å². The first-order valence-corrected chi connectivity index (χ1v) is 20.1. The van der Waals surface area contributed by atoms with Crippen molar-refractivity contribution in [2.75, 3.05) is 26.9 Å². The van der Waals surface area contributed by atoms with Gasteiger partial charge in [0, 0.05) is 35.6 Å². The summed E-state index contributed by atoms with van der Waals surface area (Å²) in [5.74, 6) is -2.27. The molecule has 14 atom stereocenters. The maximum Gasteiger partial charge on any atom is 0.331 e. The standard InChI is InChI=1S/C43H52O20/c1-19(9-10-43(55)41(2)14-21(46)15-42(43,3)57-18-41)11-28(48)62-38-34(53)31(50)27(17-45)61-40(38)58-22-7-5-20(6-8-22)36-37(63-39-35(54)33(52)30(49)26(16-44)60-39)32(51)29-24(47)12-23(56-4)13-25(29)59-36/h5-13,21,26-27,30-31,33-35,38-40,44-47,49-50,52-55H,14-18H2,1-4H3/b10-9+,19-11-/t21-,26-,27-,30+,31+,33-,34+,35+,38+,39-,40+,41+,42+,43-/m0/s1. The molecule has 7 rings (SSSR count). The lowest BCUT2D eigenvalue weighted by Gasteiger charge is -2.49. The van der Waals surface area contributed by atoms with E-state index in [1.165, 1.54) is 49.6 Å². The fourth-order valence-electron chi connectivity index (χ4n) is 8.73. The van der Waals surface area contributed by atoms with Gasteiger partial charge in [-0.15, -0.1) is 0 Å². The van der Waals surface area contributed by atoms with Gasteiger partial charge in [0.15, 0.2) is 11.9 Å². The summed E-state index contributed by atoms with van der Waals surface area (Å²) in [7, 11) is 1.33. The van der Waals surface area contributed by atoms with Gasteiger partial charge < -0.3 is 88.6 Å². The number of phenols is 1. The molecule has 0 amide bonds. The lowest BCUT2D eigenvalue weighted by atomic mass is 9.59. The van der Waals surface area contributed by atoms with Crippen LogP contribution in [0, 0.1) is 5.41 Å². The molecule has 0 spiro atoms. The number of aliphatic hydroxyl groups is 9. The molecule has 344 valence electrons. The summed E-state index contributed by atoms with van der Waals surface area (Å²) in [6.45, 7) is 3.78. The molecule has 3 aliphatic heterocycles. The highest BCUT2D eigenvalue weighted by molar-refractivity contribution is 5.88. The molecule has 2 bridgehead atoms. The fraction of sp³-hybridized carbons (Fsp3) is 0.535. The summed E-state index contributed by atoms with van der Waals surface area (Å²) in [5.41, 5.74) is -3.97. The predicted molar refractivity (Wildman–Crippen MR) is 214 cm³/mol. The Hall–Kier alpha value is -4.68. The maximum absolute atomic E-state index is 14.0. The molecule has 1 aromatic heterocycles. The third kappa shape index (κ3) is 8.42. The third-order valence-electron chi connectivity index (χ3n) is 12.4. The molecule has 0 radical (unpaired) electrons. The number of fused-ring (bicyclic) bond motifs is 3. The van der Waals surface area contributed by atoms with Crippen LogP contribution < -0.4 is 19.6 Å². The number of aliphatic hydroxyl groups excluding tert-OH is 8. The Bertz CT molecular complexity index is 2250. The second-order valence-electron chi connectivity index (χ2n) is 16.8. The lowest BCUT2D eigenvalue weighted by molar-refractivity contribution is -0.281. The Kier molecular flexibility index (Phi) is 13.0. The molecule has 20 nitrogen and oxygen atoms in total. The van der Waals surface area contributed by atoms with Gasteiger partial charge in [0.2, 0.25) is 23.8 Å². The summed E-state index contributed by atoms with van der Waals surface area (Å²) in [5, 5.41) is 105. The number of hydrogen-bond acceptors (Lipinski definition) is 20. The normalized spacial score (nSPS) is 37.0. The Labute approximate surface area is 359 Å². The predicted octanol–water partition coefficient (Wildman–Crippen LogP) is -0.734. The van der Waals surface area contributed by atoms with Crippen molar-refractivity contribution in [2.45, 2.75) is 112 Å². The second kappa shape index (κ2) is 17.7. The van der Waals surface area contributed by atoms with Gasteiger partial charge in [0.25, 0.3) is 0 Å². The van der Waals surface area contributed by atoms with E-state index in [-0.39, 0.29) is 46.8 Å². The summed E-state index contributed by atoms with van der Waals surface area (Å²) >= 11 is 0. The minimum atomic E-state index is -1.92. The highest BCUT2D eigenvalue weighted by Gasteiger charge is 2.67. The van der Waals surface area contributed by atoms with Crippen LogP contribution in [-0.4, -0.2) is 163 Å². The van der Waals surface area contributed by atoms with Gasteiger partial charge in [-0.05, 0) is 56.2 Å². The number of rotatable bonds is 12. The molecule has 1 aliphatic carbocycles. The smallest absolute Gasteiger partial charge is 0.331 e. The van der Waals surface area contributed by atoms with Crippen LogP contribution in [0.2, 0.25) is 0 Å². The molecule has 3 aromatic rings. The lowest BCUT2D eigenvalue weighted by Crippen LogP contribution is -2.61. The van der Waals surface area contributed by atoms with Crippen molar-refractivity contribution in [3.8, 4) is 34.3 Å². The number of ether oxygens (including phenoxy) is 7. The zero-order valence-electron chi connectivity index (χ0n) is 34.6. The molecule has 2 aromatic carbocycles. The first-order chi connectivity index (χ1) is 29.8. The van der Waals surface area contributed by atoms with E-state index in [4.69, 9.17) is 37.6 Å². The van der Waals surface area contributed by atoms with E-state index in [0.29, 0.717) is 12.0 Å². The van der Waals surface area contributed by atoms with Gasteiger partial charge in [-0.3, -0.25) is 4.79 Å². The Morgan fingerprint density at radius 1 is 0.857 bits per heavy atom. The third-order valence-corrected chi connectivity index (χ3v) is 12.4. The van der Waals surface area contributed by atoms with Crippen LogP contribution in [0.25, 0.3) is 22.3 Å². The largest absolute Gasteiger partial charge is 0.507 e. The van der Waals surface area contributed by atoms with E-state index in [0.717, 1.165) is 12.1 Å². The molecule has 20 heteroatoms. The summed E-state index contributed by atoms with van der Waals surface area (Å²) in [4.78, 5) is 27.3. The van der Waals surface area contributed by atoms with Crippen molar-refractivity contribution in [2.24, 2.45) is 5.41 Å². The molecule has 1 saturated carbocycles. The molecule has 4 heterocycles. The summed E-state index contributed by atoms with van der Waals surface area (Å²) < 4.78 is 45.7. The number of benzene rings is 2. The van der Waals surface area contributed by atoms with Gasteiger partial charge in [0.05, 0.1) is 33.0 Å². The first-order valence-electron chi connectivity index (χ1n) is 20.1. The number of phenolic OH excluding ortho intramolecular Hbond substituents is 1. The number of carbonyl (C=O) groups is 1. The molecule has 10 N–H and O–H groups in total. The Morgan fingerprint density at radius 3 is 2.14 bits per heavy atom. The van der Waals surface area contributed by atoms with Gasteiger partial charge in [0.1, 0.15) is 82.1 Å². The van der Waals surface area contributed by atoms with Crippen molar-refractivity contribution >= 4 is 16.9 Å². The van der Waals surface area contributed by atoms with Crippen LogP contribution in [0.5, 0.6) is 23.0 Å². The molecular weight excluding hydrogens is 836 g/mol. The summed E-state index contributed by atoms with van der Waals surface area (Å²) in [6, 6.07) is 7.96. The minimum Gasteiger partial charge on any atom is -0.507 e.